The van der Waals surface area contributed by atoms with Crippen molar-refractivity contribution < 1.29 is 39.2 Å². The first-order chi connectivity index (χ1) is 7.41. The quantitative estimate of drug-likeness (QED) is 0.367. The van der Waals surface area contributed by atoms with Crippen molar-refractivity contribution in [3.05, 3.63) is 24.3 Å². The zero-order chi connectivity index (χ0) is 12.6. The van der Waals surface area contributed by atoms with Crippen LogP contribution < -0.4 is 0 Å². The molecule has 0 saturated carbocycles. The zero-order valence-corrected chi connectivity index (χ0v) is 7.65. The Kier molecular flexibility index (Phi) is 5.65. The number of carbonyl (C=O) groups is 4. The van der Waals surface area contributed by atoms with Crippen LogP contribution in [0, 0.1) is 0 Å². The van der Waals surface area contributed by atoms with E-state index in [0.29, 0.717) is 24.3 Å². The molecule has 2 N–H and O–H groups in total. The summed E-state index contributed by atoms with van der Waals surface area (Å²) in [7, 11) is 0. The van der Waals surface area contributed by atoms with E-state index in [0.717, 1.165) is 0 Å². The second kappa shape index (κ2) is 6.76. The Morgan fingerprint density at radius 3 is 1.25 bits per heavy atom. The fraction of sp³-hybridized carbons (Fsp3) is 0. The van der Waals surface area contributed by atoms with Gasteiger partial charge in [-0.1, -0.05) is 0 Å². The number of aliphatic carboxylic acids is 2. The second-order valence-electron chi connectivity index (χ2n) is 2.15. The van der Waals surface area contributed by atoms with E-state index in [2.05, 4.69) is 9.78 Å². The van der Waals surface area contributed by atoms with Crippen LogP contribution in [0.3, 0.4) is 0 Å². The fourth-order valence-corrected chi connectivity index (χ4v) is 0.416. The van der Waals surface area contributed by atoms with Gasteiger partial charge in [0.15, 0.2) is 0 Å². The van der Waals surface area contributed by atoms with Gasteiger partial charge in [-0.25, -0.2) is 29.0 Å². The van der Waals surface area contributed by atoms with Crippen LogP contribution in [0.4, 0.5) is 0 Å². The summed E-state index contributed by atoms with van der Waals surface area (Å²) in [6.07, 6.45) is 1.97. The molecule has 0 fully saturated rings. The third-order valence-corrected chi connectivity index (χ3v) is 0.930. The molecule has 0 bridgehead atoms. The van der Waals surface area contributed by atoms with Gasteiger partial charge in [0.05, 0.1) is 0 Å². The van der Waals surface area contributed by atoms with Crippen LogP contribution >= 0.6 is 0 Å². The zero-order valence-electron chi connectivity index (χ0n) is 7.65. The molecular weight excluding hydrogens is 224 g/mol. The number of carbonyl (C=O) groups excluding carboxylic acids is 2. The molecular formula is C8H6O8. The topological polar surface area (TPSA) is 127 Å². The smallest absolute Gasteiger partial charge is 0.379 e. The summed E-state index contributed by atoms with van der Waals surface area (Å²) < 4.78 is 0. The largest absolute Gasteiger partial charge is 0.478 e. The normalized spacial score (nSPS) is 10.2. The molecule has 0 amide bonds. The molecule has 0 aliphatic rings. The SMILES string of the molecule is O=C(O)C=CC(=O)OOC(=O)C=CC(=O)O. The Hall–Kier alpha value is -2.64. The minimum absolute atomic E-state index is 0.475. The minimum atomic E-state index is -1.38. The number of carboxylic acids is 2. The molecule has 86 valence electrons. The summed E-state index contributed by atoms with van der Waals surface area (Å²) in [5.41, 5.74) is 0. The number of rotatable bonds is 4. The average Bonchev–Trinajstić information content (AvgIpc) is 2.20. The number of carboxylic acid groups (broad SMARTS) is 2. The molecule has 0 rings (SSSR count). The van der Waals surface area contributed by atoms with Crippen molar-refractivity contribution in [3.63, 3.8) is 0 Å². The third-order valence-electron chi connectivity index (χ3n) is 0.930. The maximum atomic E-state index is 10.6. The molecule has 0 unspecified atom stereocenters. The van der Waals surface area contributed by atoms with Crippen LogP contribution in [0.25, 0.3) is 0 Å². The lowest BCUT2D eigenvalue weighted by Crippen LogP contribution is -2.08. The van der Waals surface area contributed by atoms with Crippen molar-refractivity contribution in [1.82, 2.24) is 0 Å². The van der Waals surface area contributed by atoms with E-state index in [1.165, 1.54) is 0 Å². The summed E-state index contributed by atoms with van der Waals surface area (Å²) in [4.78, 5) is 48.7. The van der Waals surface area contributed by atoms with Crippen LogP contribution in [0.15, 0.2) is 24.3 Å². The minimum Gasteiger partial charge on any atom is -0.478 e. The molecule has 16 heavy (non-hydrogen) atoms. The average molecular weight is 230 g/mol. The predicted molar refractivity (Wildman–Crippen MR) is 45.7 cm³/mol. The van der Waals surface area contributed by atoms with Gasteiger partial charge in [0.1, 0.15) is 0 Å². The van der Waals surface area contributed by atoms with Crippen LogP contribution in [-0.2, 0) is 29.0 Å². The van der Waals surface area contributed by atoms with Crippen molar-refractivity contribution in [2.24, 2.45) is 0 Å². The maximum absolute atomic E-state index is 10.6. The highest BCUT2D eigenvalue weighted by molar-refractivity contribution is 5.92. The van der Waals surface area contributed by atoms with E-state index < -0.39 is 23.9 Å². The van der Waals surface area contributed by atoms with E-state index in [-0.39, 0.29) is 0 Å². The molecule has 0 aromatic rings. The van der Waals surface area contributed by atoms with Gasteiger partial charge in [-0.05, 0) is 0 Å². The van der Waals surface area contributed by atoms with Crippen LogP contribution in [-0.4, -0.2) is 34.1 Å². The highest BCUT2D eigenvalue weighted by Crippen LogP contribution is 1.87. The van der Waals surface area contributed by atoms with Crippen molar-refractivity contribution in [2.45, 2.75) is 0 Å². The number of hydrogen-bond acceptors (Lipinski definition) is 6. The number of hydrogen-bond donors (Lipinski definition) is 2. The van der Waals surface area contributed by atoms with Gasteiger partial charge in [-0.2, -0.15) is 0 Å². The Morgan fingerprint density at radius 1 is 0.688 bits per heavy atom. The molecule has 0 atom stereocenters. The van der Waals surface area contributed by atoms with E-state index in [1.54, 1.807) is 0 Å². The molecule has 0 heterocycles. The van der Waals surface area contributed by atoms with Gasteiger partial charge < -0.3 is 10.2 Å². The van der Waals surface area contributed by atoms with Gasteiger partial charge >= 0.3 is 23.9 Å². The lowest BCUT2D eigenvalue weighted by Gasteiger charge is -1.95. The molecule has 0 saturated heterocycles. The Morgan fingerprint density at radius 2 is 1.00 bits per heavy atom. The predicted octanol–water partition coefficient (Wildman–Crippen LogP) is -0.731. The Balaban J connectivity index is 3.97. The second-order valence-corrected chi connectivity index (χ2v) is 2.15. The summed E-state index contributed by atoms with van der Waals surface area (Å²) in [6.45, 7) is 0. The van der Waals surface area contributed by atoms with Crippen molar-refractivity contribution in [2.75, 3.05) is 0 Å². The van der Waals surface area contributed by atoms with Gasteiger partial charge in [-0.3, -0.25) is 0 Å². The van der Waals surface area contributed by atoms with Crippen molar-refractivity contribution >= 4 is 23.9 Å². The summed E-state index contributed by atoms with van der Waals surface area (Å²) >= 11 is 0. The molecule has 0 aromatic carbocycles. The van der Waals surface area contributed by atoms with Crippen LogP contribution in [0.5, 0.6) is 0 Å². The van der Waals surface area contributed by atoms with Gasteiger partial charge in [0.25, 0.3) is 0 Å². The van der Waals surface area contributed by atoms with Gasteiger partial charge in [0.2, 0.25) is 0 Å². The molecule has 0 radical (unpaired) electrons. The lowest BCUT2D eigenvalue weighted by molar-refractivity contribution is -0.250. The summed E-state index contributed by atoms with van der Waals surface area (Å²) in [5, 5.41) is 16.2. The molecule has 8 nitrogen and oxygen atoms in total. The van der Waals surface area contributed by atoms with Crippen LogP contribution in [0.2, 0.25) is 0 Å². The first-order valence-electron chi connectivity index (χ1n) is 3.66. The maximum Gasteiger partial charge on any atom is 0.379 e. The Labute approximate surface area is 88.3 Å². The molecule has 0 aliphatic carbocycles. The van der Waals surface area contributed by atoms with E-state index in [1.807, 2.05) is 0 Å². The molecule has 8 heteroatoms. The summed E-state index contributed by atoms with van der Waals surface area (Å²) in [6, 6.07) is 0. The fourth-order valence-electron chi connectivity index (χ4n) is 0.416. The van der Waals surface area contributed by atoms with Crippen molar-refractivity contribution in [1.29, 1.82) is 0 Å². The standard InChI is InChI=1S/C8H6O8/c9-5(10)1-3-7(13)15-16-8(14)4-2-6(11)12/h1-4H,(H,9,10)(H,11,12). The first kappa shape index (κ1) is 13.4. The lowest BCUT2D eigenvalue weighted by atomic mass is 10.5. The van der Waals surface area contributed by atoms with Crippen LogP contribution in [0.1, 0.15) is 0 Å². The van der Waals surface area contributed by atoms with Crippen molar-refractivity contribution in [3.8, 4) is 0 Å². The van der Waals surface area contributed by atoms with Gasteiger partial charge in [-0.15, -0.1) is 0 Å². The molecule has 0 spiro atoms. The molecule has 0 aromatic heterocycles. The van der Waals surface area contributed by atoms with Gasteiger partial charge in [0, 0.05) is 24.3 Å². The first-order valence-corrected chi connectivity index (χ1v) is 3.66. The van der Waals surface area contributed by atoms with E-state index in [9.17, 15) is 19.2 Å². The summed E-state index contributed by atoms with van der Waals surface area (Å²) in [5.74, 6) is -5.21. The highest BCUT2D eigenvalue weighted by atomic mass is 17.2. The van der Waals surface area contributed by atoms with E-state index in [4.69, 9.17) is 10.2 Å². The molecule has 0 aliphatic heterocycles. The highest BCUT2D eigenvalue weighted by Gasteiger charge is 2.04. The van der Waals surface area contributed by atoms with E-state index >= 15 is 0 Å². The third kappa shape index (κ3) is 7.98. The monoisotopic (exact) mass is 230 g/mol. The Bertz CT molecular complexity index is 328.